The number of ketones is 1. The Morgan fingerprint density at radius 1 is 0.750 bits per heavy atom. The van der Waals surface area contributed by atoms with Crippen LogP contribution in [0.3, 0.4) is 0 Å². The van der Waals surface area contributed by atoms with E-state index in [0.717, 1.165) is 63.7 Å². The van der Waals surface area contributed by atoms with Gasteiger partial charge >= 0.3 is 19.8 Å². The van der Waals surface area contributed by atoms with E-state index in [0.29, 0.717) is 25.7 Å². The molecule has 1 fully saturated rings. The van der Waals surface area contributed by atoms with E-state index in [4.69, 9.17) is 19.3 Å². The smallest absolute Gasteiger partial charge is 0.462 e. The summed E-state index contributed by atoms with van der Waals surface area (Å²) in [6.07, 6.45) is 28.3. The Bertz CT molecular complexity index is 1090. The second-order valence-electron chi connectivity index (χ2n) is 16.4. The Labute approximate surface area is 339 Å². The Kier molecular flexibility index (Phi) is 31.1. The van der Waals surface area contributed by atoms with Crippen LogP contribution >= 0.6 is 7.82 Å². The maximum atomic E-state index is 12.5. The number of carbonyl (C=O) groups excluding carboxylic acids is 3. The second kappa shape index (κ2) is 33.2. The van der Waals surface area contributed by atoms with Gasteiger partial charge in [0.05, 0.1) is 18.8 Å². The van der Waals surface area contributed by atoms with Crippen molar-refractivity contribution in [1.82, 2.24) is 0 Å². The van der Waals surface area contributed by atoms with Crippen molar-refractivity contribution < 1.29 is 52.9 Å². The first-order chi connectivity index (χ1) is 26.9. The first-order valence-corrected chi connectivity index (χ1v) is 24.0. The predicted molar refractivity (Wildman–Crippen MR) is 222 cm³/mol. The van der Waals surface area contributed by atoms with Crippen molar-refractivity contribution in [3.05, 3.63) is 12.2 Å². The number of unbranched alkanes of at least 4 members (excludes halogenated alkanes) is 18. The van der Waals surface area contributed by atoms with Crippen LogP contribution in [0.1, 0.15) is 201 Å². The summed E-state index contributed by atoms with van der Waals surface area (Å²) in [7, 11) is -4.81. The molecule has 6 atom stereocenters. The molecule has 11 nitrogen and oxygen atoms in total. The van der Waals surface area contributed by atoms with Crippen LogP contribution in [0.4, 0.5) is 0 Å². The molecule has 0 radical (unpaired) electrons. The molecule has 0 bridgehead atoms. The molecule has 1 aliphatic carbocycles. The number of esters is 2. The van der Waals surface area contributed by atoms with Gasteiger partial charge in [0.25, 0.3) is 0 Å². The molecule has 0 aromatic rings. The van der Waals surface area contributed by atoms with Gasteiger partial charge < -0.3 is 29.5 Å². The van der Waals surface area contributed by atoms with Crippen molar-refractivity contribution >= 4 is 25.5 Å². The number of phosphoric acid groups is 1. The largest absolute Gasteiger partial charge is 0.469 e. The van der Waals surface area contributed by atoms with Crippen molar-refractivity contribution in [3.8, 4) is 0 Å². The molecule has 12 heteroatoms. The molecule has 0 aromatic heterocycles. The molecule has 56 heavy (non-hydrogen) atoms. The summed E-state index contributed by atoms with van der Waals surface area (Å²) in [5, 5.41) is 20.6. The Hall–Kier alpha value is -1.62. The standard InChI is InChI=1S/C44H81O11P/c1-4-6-21-27-37(45)31-32-40-39(41(46)33-42(40)47)28-23-19-20-24-29-43(48)53-34-38(35-54-56(50,51)52)55-44(49)30-25-18-16-14-12-10-8-7-9-11-13-15-17-22-26-36(3)5-2/h31-32,36-40,42,45,47H,4-30,33-35H2,1-3H3,(H2,50,51,52)/b32-31+/t36?,37-,38+,39+,40+,42+/m0/s1. The van der Waals surface area contributed by atoms with Gasteiger partial charge in [-0.15, -0.1) is 0 Å². The third kappa shape index (κ3) is 28.7. The fourth-order valence-corrected chi connectivity index (χ4v) is 7.78. The molecule has 0 amide bonds. The highest BCUT2D eigenvalue weighted by atomic mass is 31.2. The van der Waals surface area contributed by atoms with Crippen LogP contribution in [0.2, 0.25) is 0 Å². The predicted octanol–water partition coefficient (Wildman–Crippen LogP) is 10.2. The average molecular weight is 817 g/mol. The second-order valence-corrected chi connectivity index (χ2v) is 17.6. The van der Waals surface area contributed by atoms with Crippen LogP contribution in [-0.2, 0) is 32.9 Å². The SMILES string of the molecule is CCCCC[C@H](O)/C=C/[C@H]1[C@H](O)CC(=O)[C@@H]1CCCCCCC(=O)OC[C@H](COP(=O)(O)O)OC(=O)CCCCCCCCCCCCCCCCC(C)CC. The summed E-state index contributed by atoms with van der Waals surface area (Å²) < 4.78 is 26.4. The molecule has 1 rings (SSSR count). The number of aliphatic hydroxyl groups excluding tert-OH is 2. The first-order valence-electron chi connectivity index (χ1n) is 22.5. The quantitative estimate of drug-likeness (QED) is 0.0203. The minimum Gasteiger partial charge on any atom is -0.462 e. The molecule has 4 N–H and O–H groups in total. The number of rotatable bonds is 37. The van der Waals surface area contributed by atoms with Gasteiger partial charge in [-0.05, 0) is 31.6 Å². The van der Waals surface area contributed by atoms with Crippen molar-refractivity contribution in [2.45, 2.75) is 219 Å². The fraction of sp³-hybridized carbons (Fsp3) is 0.886. The molecular formula is C44H81O11P. The number of hydrogen-bond acceptors (Lipinski definition) is 9. The molecule has 1 aliphatic rings. The normalized spacial score (nSPS) is 19.1. The van der Waals surface area contributed by atoms with E-state index in [1.54, 1.807) is 6.08 Å². The summed E-state index contributed by atoms with van der Waals surface area (Å²) >= 11 is 0. The third-order valence-electron chi connectivity index (χ3n) is 11.2. The first kappa shape index (κ1) is 52.4. The lowest BCUT2D eigenvalue weighted by Gasteiger charge is -2.18. The van der Waals surface area contributed by atoms with Crippen molar-refractivity contribution in [2.75, 3.05) is 13.2 Å². The summed E-state index contributed by atoms with van der Waals surface area (Å²) in [4.78, 5) is 55.7. The van der Waals surface area contributed by atoms with Crippen LogP contribution in [-0.4, -0.2) is 69.2 Å². The zero-order valence-corrected chi connectivity index (χ0v) is 36.3. The zero-order valence-electron chi connectivity index (χ0n) is 35.4. The van der Waals surface area contributed by atoms with Crippen molar-refractivity contribution in [1.29, 1.82) is 0 Å². The highest BCUT2D eigenvalue weighted by molar-refractivity contribution is 7.46. The third-order valence-corrected chi connectivity index (χ3v) is 11.7. The van der Waals surface area contributed by atoms with Gasteiger partial charge in [0.15, 0.2) is 6.10 Å². The van der Waals surface area contributed by atoms with E-state index in [-0.39, 0.29) is 43.5 Å². The van der Waals surface area contributed by atoms with Crippen LogP contribution < -0.4 is 0 Å². The molecule has 0 spiro atoms. The monoisotopic (exact) mass is 817 g/mol. The Morgan fingerprint density at radius 3 is 1.82 bits per heavy atom. The molecule has 0 aromatic carbocycles. The molecule has 1 unspecified atom stereocenters. The minimum absolute atomic E-state index is 0.0456. The number of aliphatic hydroxyl groups is 2. The molecule has 0 heterocycles. The summed E-state index contributed by atoms with van der Waals surface area (Å²) in [5.41, 5.74) is 0. The Morgan fingerprint density at radius 2 is 1.27 bits per heavy atom. The minimum atomic E-state index is -4.81. The topological polar surface area (TPSA) is 177 Å². The van der Waals surface area contributed by atoms with E-state index >= 15 is 0 Å². The van der Waals surface area contributed by atoms with E-state index < -0.39 is 44.7 Å². The van der Waals surface area contributed by atoms with Gasteiger partial charge in [-0.1, -0.05) is 168 Å². The zero-order chi connectivity index (χ0) is 41.4. The fourth-order valence-electron chi connectivity index (χ4n) is 7.42. The maximum absolute atomic E-state index is 12.5. The molecule has 328 valence electrons. The van der Waals surface area contributed by atoms with Crippen LogP contribution in [0.15, 0.2) is 12.2 Å². The molecule has 0 aliphatic heterocycles. The van der Waals surface area contributed by atoms with Gasteiger partial charge in [-0.3, -0.25) is 18.9 Å². The number of phosphoric ester groups is 1. The summed E-state index contributed by atoms with van der Waals surface area (Å²) in [5.74, 6) is -0.691. The molecule has 1 saturated carbocycles. The Balaban J connectivity index is 2.21. The van der Waals surface area contributed by atoms with Gasteiger partial charge in [0, 0.05) is 31.1 Å². The molecular weight excluding hydrogens is 735 g/mol. The van der Waals surface area contributed by atoms with E-state index in [1.165, 1.54) is 77.0 Å². The summed E-state index contributed by atoms with van der Waals surface area (Å²) in [6.45, 7) is 5.77. The van der Waals surface area contributed by atoms with Gasteiger partial charge in [0.1, 0.15) is 12.4 Å². The average Bonchev–Trinajstić information content (AvgIpc) is 3.43. The number of ether oxygens (including phenoxy) is 2. The van der Waals surface area contributed by atoms with Crippen LogP contribution in [0.5, 0.6) is 0 Å². The van der Waals surface area contributed by atoms with Gasteiger partial charge in [-0.25, -0.2) is 4.57 Å². The number of carbonyl (C=O) groups is 3. The lowest BCUT2D eigenvalue weighted by Crippen LogP contribution is -2.29. The van der Waals surface area contributed by atoms with Crippen LogP contribution in [0, 0.1) is 17.8 Å². The lowest BCUT2D eigenvalue weighted by molar-refractivity contribution is -0.161. The number of hydrogen-bond donors (Lipinski definition) is 4. The maximum Gasteiger partial charge on any atom is 0.469 e. The van der Waals surface area contributed by atoms with Crippen LogP contribution in [0.25, 0.3) is 0 Å². The number of Topliss-reactive ketones (excluding diaryl/α,β-unsaturated/α-hetero) is 1. The van der Waals surface area contributed by atoms with Gasteiger partial charge in [0.2, 0.25) is 0 Å². The van der Waals surface area contributed by atoms with E-state index in [9.17, 15) is 29.2 Å². The van der Waals surface area contributed by atoms with Crippen molar-refractivity contribution in [3.63, 3.8) is 0 Å². The molecule has 0 saturated heterocycles. The van der Waals surface area contributed by atoms with Crippen molar-refractivity contribution in [2.24, 2.45) is 17.8 Å². The highest BCUT2D eigenvalue weighted by Crippen LogP contribution is 2.36. The van der Waals surface area contributed by atoms with E-state index in [1.807, 2.05) is 6.08 Å². The highest BCUT2D eigenvalue weighted by Gasteiger charge is 2.39. The lowest BCUT2D eigenvalue weighted by atomic mass is 9.88. The van der Waals surface area contributed by atoms with E-state index in [2.05, 4.69) is 25.3 Å². The summed E-state index contributed by atoms with van der Waals surface area (Å²) in [6, 6.07) is 0. The van der Waals surface area contributed by atoms with Gasteiger partial charge in [-0.2, -0.15) is 0 Å².